The first kappa shape index (κ1) is 51.0. The number of ether oxygens (including phenoxy) is 6. The predicted molar refractivity (Wildman–Crippen MR) is 204 cm³/mol. The Balaban J connectivity index is 2.63. The van der Waals surface area contributed by atoms with E-state index in [1.54, 1.807) is 6.08 Å². The normalized spacial score (nSPS) is 23.3. The van der Waals surface area contributed by atoms with Crippen LogP contribution >= 0.6 is 15.2 Å². The van der Waals surface area contributed by atoms with Gasteiger partial charge in [0.2, 0.25) is 5.91 Å². The number of methoxy groups -OCH3 is 2. The monoisotopic (exact) mass is 830 g/mol. The second-order valence-electron chi connectivity index (χ2n) is 13.3. The Hall–Kier alpha value is -2.02. The minimum absolute atomic E-state index is 0.0845. The van der Waals surface area contributed by atoms with Gasteiger partial charge in [0.15, 0.2) is 6.29 Å². The zero-order valence-electron chi connectivity index (χ0n) is 33.4. The van der Waals surface area contributed by atoms with Gasteiger partial charge in [-0.1, -0.05) is 34.9 Å². The average Bonchev–Trinajstić information content (AvgIpc) is 3.10. The van der Waals surface area contributed by atoms with Crippen molar-refractivity contribution in [2.75, 3.05) is 86.9 Å². The molecule has 18 nitrogen and oxygen atoms in total. The zero-order chi connectivity index (χ0) is 41.4. The van der Waals surface area contributed by atoms with Crippen LogP contribution in [0.2, 0.25) is 0 Å². The molecule has 0 aromatic rings. The molecule has 1 aliphatic rings. The number of rotatable bonds is 28. The van der Waals surface area contributed by atoms with Crippen molar-refractivity contribution in [3.8, 4) is 0 Å². The molecule has 0 spiro atoms. The third kappa shape index (κ3) is 23.1. The van der Waals surface area contributed by atoms with Crippen LogP contribution in [-0.4, -0.2) is 151 Å². The third-order valence-electron chi connectivity index (χ3n) is 7.84. The standard InChI is InChI=1S/C35H64N2O16P2/c1-25(2)11-9-12-26(3)13-10-14-27(4)15-16-50-54(7,43)53-55(8,44)52-34-33(41)32(40)31(29(22-38)51-34)37-30(39)21-36-35(42)49-24-28(48-20-18-46-6)23-47-19-17-45-5/h11,13,15,28-29,31-34,38,40-41H,9-10,12,14,16-24H2,1-8H3,(H,36,42)(H,37,39)/b26-13+,27-15-/t28?,29?,31-,32+,33?,34-,54-,55+/m1/s1. The maximum Gasteiger partial charge on any atom is 0.407 e. The Morgan fingerprint density at radius 2 is 1.49 bits per heavy atom. The van der Waals surface area contributed by atoms with Gasteiger partial charge in [-0.15, -0.1) is 0 Å². The molecule has 55 heavy (non-hydrogen) atoms. The number of alkyl carbamates (subject to hydrolysis) is 1. The van der Waals surface area contributed by atoms with Crippen LogP contribution in [0, 0.1) is 0 Å². The fourth-order valence-corrected chi connectivity index (χ4v) is 8.31. The van der Waals surface area contributed by atoms with E-state index < -0.39 is 77.1 Å². The molecule has 0 saturated carbocycles. The first-order chi connectivity index (χ1) is 25.9. The summed E-state index contributed by atoms with van der Waals surface area (Å²) in [6.07, 6.45) is 1.27. The molecule has 8 atom stereocenters. The van der Waals surface area contributed by atoms with E-state index in [-0.39, 0.29) is 26.4 Å². The summed E-state index contributed by atoms with van der Waals surface area (Å²) in [7, 11) is -5.18. The minimum Gasteiger partial charge on any atom is -0.447 e. The lowest BCUT2D eigenvalue weighted by molar-refractivity contribution is -0.252. The number of carbonyl (C=O) groups excluding carboxylic acids is 2. The highest BCUT2D eigenvalue weighted by atomic mass is 31.3. The van der Waals surface area contributed by atoms with E-state index >= 15 is 0 Å². The summed E-state index contributed by atoms with van der Waals surface area (Å²) < 4.78 is 73.6. The summed E-state index contributed by atoms with van der Waals surface area (Å²) in [5.74, 6) is -0.829. The summed E-state index contributed by atoms with van der Waals surface area (Å²) >= 11 is 0. The molecule has 1 rings (SSSR count). The molecule has 3 unspecified atom stereocenters. The number of aliphatic hydroxyl groups is 3. The Labute approximate surface area is 325 Å². The highest BCUT2D eigenvalue weighted by Gasteiger charge is 2.48. The van der Waals surface area contributed by atoms with E-state index in [9.17, 15) is 34.0 Å². The molecule has 0 aromatic heterocycles. The highest BCUT2D eigenvalue weighted by Crippen LogP contribution is 2.62. The number of hydrogen-bond acceptors (Lipinski definition) is 16. The van der Waals surface area contributed by atoms with E-state index in [0.717, 1.165) is 44.6 Å². The van der Waals surface area contributed by atoms with Crippen molar-refractivity contribution in [3.63, 3.8) is 0 Å². The Bertz CT molecular complexity index is 1320. The Kier molecular flexibility index (Phi) is 25.6. The Morgan fingerprint density at radius 1 is 0.855 bits per heavy atom. The number of hydrogen-bond donors (Lipinski definition) is 5. The van der Waals surface area contributed by atoms with E-state index in [1.807, 2.05) is 6.92 Å². The maximum absolute atomic E-state index is 13.2. The molecule has 1 heterocycles. The van der Waals surface area contributed by atoms with Gasteiger partial charge in [0, 0.05) is 27.5 Å². The van der Waals surface area contributed by atoms with Gasteiger partial charge in [-0.25, -0.2) is 9.11 Å². The molecule has 1 fully saturated rings. The van der Waals surface area contributed by atoms with Gasteiger partial charge in [0.05, 0.1) is 52.3 Å². The van der Waals surface area contributed by atoms with Crippen molar-refractivity contribution >= 4 is 27.2 Å². The molecular weight excluding hydrogens is 766 g/mol. The summed E-state index contributed by atoms with van der Waals surface area (Å²) in [5, 5.41) is 36.1. The van der Waals surface area contributed by atoms with Crippen molar-refractivity contribution in [1.82, 2.24) is 10.6 Å². The molecule has 5 N–H and O–H groups in total. The van der Waals surface area contributed by atoms with Gasteiger partial charge in [-0.3, -0.25) is 18.4 Å². The number of carbonyl (C=O) groups is 2. The summed E-state index contributed by atoms with van der Waals surface area (Å²) in [5.41, 5.74) is 3.59. The van der Waals surface area contributed by atoms with Crippen LogP contribution in [0.3, 0.4) is 0 Å². The molecular formula is C35H64N2O16P2. The average molecular weight is 831 g/mol. The molecule has 0 radical (unpaired) electrons. The second-order valence-corrected chi connectivity index (χ2v) is 17.5. The fourth-order valence-electron chi connectivity index (χ4n) is 4.92. The summed E-state index contributed by atoms with van der Waals surface area (Å²) in [6.45, 7) is 9.89. The number of allylic oxidation sites excluding steroid dienone is 5. The SMILES string of the molecule is COCCOCC(COC(=O)NCC(=O)N[C@@H]1C(CO)O[C@H](O[P@](C)(=O)O[P@](C)(=O)OC/C=C(/C)CC/C=C(\C)CCC=C(C)C)C(O)[C@H]1O)OCCOC. The predicted octanol–water partition coefficient (Wildman–Crippen LogP) is 3.45. The van der Waals surface area contributed by atoms with Gasteiger partial charge in [0.25, 0.3) is 0 Å². The molecule has 0 bridgehead atoms. The van der Waals surface area contributed by atoms with E-state index in [2.05, 4.69) is 43.6 Å². The summed E-state index contributed by atoms with van der Waals surface area (Å²) in [6, 6.07) is -1.39. The van der Waals surface area contributed by atoms with Gasteiger partial charge in [-0.2, -0.15) is 0 Å². The lowest BCUT2D eigenvalue weighted by Crippen LogP contribution is -2.65. The largest absolute Gasteiger partial charge is 0.447 e. The van der Waals surface area contributed by atoms with Gasteiger partial charge in [-0.05, 0) is 53.4 Å². The lowest BCUT2D eigenvalue weighted by Gasteiger charge is -2.42. The summed E-state index contributed by atoms with van der Waals surface area (Å²) in [4.78, 5) is 24.9. The van der Waals surface area contributed by atoms with Crippen LogP contribution < -0.4 is 10.6 Å². The van der Waals surface area contributed by atoms with Crippen LogP contribution in [-0.2, 0) is 55.7 Å². The van der Waals surface area contributed by atoms with E-state index in [4.69, 9.17) is 41.8 Å². The van der Waals surface area contributed by atoms with Gasteiger partial charge in [0.1, 0.15) is 37.6 Å². The molecule has 320 valence electrons. The van der Waals surface area contributed by atoms with Crippen molar-refractivity contribution in [3.05, 3.63) is 34.9 Å². The first-order valence-electron chi connectivity index (χ1n) is 18.1. The molecule has 2 amide bonds. The first-order valence-corrected chi connectivity index (χ1v) is 22.0. The van der Waals surface area contributed by atoms with Gasteiger partial charge < -0.3 is 58.9 Å². The van der Waals surface area contributed by atoms with Crippen molar-refractivity contribution in [2.45, 2.75) is 90.1 Å². The zero-order valence-corrected chi connectivity index (χ0v) is 35.2. The van der Waals surface area contributed by atoms with Crippen LogP contribution in [0.15, 0.2) is 34.9 Å². The number of nitrogens with one attached hydrogen (secondary N) is 2. The van der Waals surface area contributed by atoms with Gasteiger partial charge >= 0.3 is 21.3 Å². The Morgan fingerprint density at radius 3 is 2.13 bits per heavy atom. The van der Waals surface area contributed by atoms with Crippen LogP contribution in [0.4, 0.5) is 4.79 Å². The highest BCUT2D eigenvalue weighted by molar-refractivity contribution is 7.66. The van der Waals surface area contributed by atoms with E-state index in [0.29, 0.717) is 19.8 Å². The molecule has 0 aromatic carbocycles. The molecule has 20 heteroatoms. The smallest absolute Gasteiger partial charge is 0.407 e. The molecule has 1 saturated heterocycles. The van der Waals surface area contributed by atoms with Crippen LogP contribution in [0.25, 0.3) is 0 Å². The topological polar surface area (TPSA) is 236 Å². The maximum atomic E-state index is 13.2. The van der Waals surface area contributed by atoms with Crippen molar-refractivity contribution < 1.29 is 75.8 Å². The molecule has 1 aliphatic heterocycles. The van der Waals surface area contributed by atoms with Crippen molar-refractivity contribution in [2.24, 2.45) is 0 Å². The lowest BCUT2D eigenvalue weighted by atomic mass is 9.96. The quantitative estimate of drug-likeness (QED) is 0.0431. The van der Waals surface area contributed by atoms with Crippen LogP contribution in [0.1, 0.15) is 53.4 Å². The third-order valence-corrected chi connectivity index (χ3v) is 11.4. The molecule has 0 aliphatic carbocycles. The fraction of sp³-hybridized carbons (Fsp3) is 0.771. The van der Waals surface area contributed by atoms with Crippen LogP contribution in [0.5, 0.6) is 0 Å². The van der Waals surface area contributed by atoms with E-state index in [1.165, 1.54) is 25.4 Å². The second kappa shape index (κ2) is 27.6. The number of aliphatic hydroxyl groups excluding tert-OH is 3. The number of amides is 2. The minimum atomic E-state index is -4.27. The van der Waals surface area contributed by atoms with Crippen molar-refractivity contribution in [1.29, 1.82) is 0 Å².